The molecule has 0 fully saturated rings. The fraction of sp³-hybridized carbons (Fsp3) is 0.533. The highest BCUT2D eigenvalue weighted by molar-refractivity contribution is 9.10. The number of nitrogens with two attached hydrogens (primary N) is 1. The lowest BCUT2D eigenvalue weighted by Gasteiger charge is -2.25. The van der Waals surface area contributed by atoms with Crippen molar-refractivity contribution in [2.75, 3.05) is 13.2 Å². The summed E-state index contributed by atoms with van der Waals surface area (Å²) in [6.45, 7) is 8.64. The summed E-state index contributed by atoms with van der Waals surface area (Å²) < 4.78 is 12.6. The Hall–Kier alpha value is -0.910. The van der Waals surface area contributed by atoms with Gasteiger partial charge in [0, 0.05) is 15.6 Å². The molecule has 1 unspecified atom stereocenters. The fourth-order valence-corrected chi connectivity index (χ4v) is 2.24. The third kappa shape index (κ3) is 3.59. The van der Waals surface area contributed by atoms with Crippen molar-refractivity contribution in [2.45, 2.75) is 39.0 Å². The Kier molecular flexibility index (Phi) is 4.23. The lowest BCUT2D eigenvalue weighted by Crippen LogP contribution is -2.42. The van der Waals surface area contributed by atoms with Crippen molar-refractivity contribution in [1.29, 1.82) is 0 Å². The van der Waals surface area contributed by atoms with E-state index in [1.165, 1.54) is 0 Å². The van der Waals surface area contributed by atoms with Crippen molar-refractivity contribution in [3.8, 4) is 0 Å². The number of ether oxygens (including phenoxy) is 2. The van der Waals surface area contributed by atoms with E-state index in [1.807, 2.05) is 45.9 Å². The third-order valence-corrected chi connectivity index (χ3v) is 3.93. The van der Waals surface area contributed by atoms with E-state index in [4.69, 9.17) is 15.2 Å². The minimum Gasteiger partial charge on any atom is -0.472 e. The first kappa shape index (κ1) is 15.5. The van der Waals surface area contributed by atoms with Gasteiger partial charge in [0.05, 0.1) is 6.61 Å². The molecule has 1 aliphatic heterocycles. The first-order valence-corrected chi connectivity index (χ1v) is 7.40. The largest absolute Gasteiger partial charge is 0.472 e. The van der Waals surface area contributed by atoms with E-state index in [2.05, 4.69) is 20.9 Å². The van der Waals surface area contributed by atoms with Gasteiger partial charge >= 0.3 is 0 Å². The third-order valence-electron chi connectivity index (χ3n) is 3.07. The van der Waals surface area contributed by atoms with E-state index in [9.17, 15) is 0 Å². The molecule has 0 saturated heterocycles. The minimum absolute atomic E-state index is 0.382. The predicted molar refractivity (Wildman–Crippen MR) is 84.0 cm³/mol. The quantitative estimate of drug-likeness (QED) is 0.916. The molecule has 5 heteroatoms. The molecule has 1 atom stereocenters. The maximum atomic E-state index is 5.94. The summed E-state index contributed by atoms with van der Waals surface area (Å²) in [5, 5.41) is 0. The number of hydrogen-bond acceptors (Lipinski definition) is 4. The normalized spacial score (nSPS) is 22.6. The van der Waals surface area contributed by atoms with Crippen LogP contribution in [0.25, 0.3) is 0 Å². The molecule has 0 saturated carbocycles. The smallest absolute Gasteiger partial charge is 0.219 e. The van der Waals surface area contributed by atoms with Crippen LogP contribution in [0, 0.1) is 6.92 Å². The molecule has 0 radical (unpaired) electrons. The van der Waals surface area contributed by atoms with Crippen LogP contribution in [-0.4, -0.2) is 30.4 Å². The fourth-order valence-electron chi connectivity index (χ4n) is 1.87. The Bertz CT molecular complexity index is 537. The molecular weight excluding hydrogens is 320 g/mol. The number of benzene rings is 1. The van der Waals surface area contributed by atoms with E-state index in [0.29, 0.717) is 19.1 Å². The summed E-state index contributed by atoms with van der Waals surface area (Å²) in [6.07, 6.45) is 0. The van der Waals surface area contributed by atoms with Crippen LogP contribution in [-0.2, 0) is 9.47 Å². The average Bonchev–Trinajstić information content (AvgIpc) is 2.73. The van der Waals surface area contributed by atoms with Crippen LogP contribution in [0.5, 0.6) is 0 Å². The van der Waals surface area contributed by atoms with Crippen molar-refractivity contribution in [2.24, 2.45) is 10.7 Å². The molecule has 2 N–H and O–H groups in total. The maximum absolute atomic E-state index is 5.94. The van der Waals surface area contributed by atoms with Crippen molar-refractivity contribution < 1.29 is 9.47 Å². The highest BCUT2D eigenvalue weighted by Gasteiger charge is 2.35. The molecule has 1 aromatic carbocycles. The van der Waals surface area contributed by atoms with Gasteiger partial charge in [-0.05, 0) is 45.4 Å². The summed E-state index contributed by atoms with van der Waals surface area (Å²) in [6, 6.07) is 5.97. The lowest BCUT2D eigenvalue weighted by atomic mass is 10.1. The van der Waals surface area contributed by atoms with E-state index in [1.54, 1.807) is 0 Å². The molecule has 0 spiro atoms. The molecule has 0 amide bonds. The average molecular weight is 341 g/mol. The van der Waals surface area contributed by atoms with Gasteiger partial charge in [0.2, 0.25) is 5.90 Å². The van der Waals surface area contributed by atoms with E-state index in [0.717, 1.165) is 15.6 Å². The summed E-state index contributed by atoms with van der Waals surface area (Å²) in [4.78, 5) is 4.59. The van der Waals surface area contributed by atoms with Crippen LogP contribution in [0.3, 0.4) is 0 Å². The van der Waals surface area contributed by atoms with Gasteiger partial charge in [0.1, 0.15) is 6.61 Å². The molecular formula is C15H21BrN2O2. The van der Waals surface area contributed by atoms with Crippen LogP contribution >= 0.6 is 15.9 Å². The Labute approximate surface area is 128 Å². The molecule has 4 nitrogen and oxygen atoms in total. The van der Waals surface area contributed by atoms with Gasteiger partial charge < -0.3 is 15.2 Å². The monoisotopic (exact) mass is 340 g/mol. The predicted octanol–water partition coefficient (Wildman–Crippen LogP) is 3.00. The summed E-state index contributed by atoms with van der Waals surface area (Å²) >= 11 is 3.52. The Balaban J connectivity index is 2.19. The van der Waals surface area contributed by atoms with Crippen LogP contribution in [0.4, 0.5) is 0 Å². The second kappa shape index (κ2) is 5.47. The minimum atomic E-state index is -0.666. The van der Waals surface area contributed by atoms with Crippen molar-refractivity contribution in [3.63, 3.8) is 0 Å². The summed E-state index contributed by atoms with van der Waals surface area (Å²) in [5.41, 5.74) is 6.98. The number of aliphatic imine (C=N–C) groups is 1. The second-order valence-electron chi connectivity index (χ2n) is 6.07. The van der Waals surface area contributed by atoms with Gasteiger partial charge in [-0.3, -0.25) is 0 Å². The Morgan fingerprint density at radius 2 is 2.20 bits per heavy atom. The zero-order valence-corrected chi connectivity index (χ0v) is 14.0. The molecule has 1 aromatic rings. The first-order chi connectivity index (χ1) is 9.20. The van der Waals surface area contributed by atoms with Crippen LogP contribution < -0.4 is 5.73 Å². The van der Waals surface area contributed by atoms with Crippen molar-refractivity contribution >= 4 is 21.8 Å². The number of hydrogen-bond donors (Lipinski definition) is 1. The molecule has 0 bridgehead atoms. The number of halogens is 1. The maximum Gasteiger partial charge on any atom is 0.219 e. The lowest BCUT2D eigenvalue weighted by molar-refractivity contribution is -0.0552. The van der Waals surface area contributed by atoms with Crippen LogP contribution in [0.15, 0.2) is 27.7 Å². The molecule has 20 heavy (non-hydrogen) atoms. The van der Waals surface area contributed by atoms with E-state index >= 15 is 0 Å². The summed E-state index contributed by atoms with van der Waals surface area (Å²) in [7, 11) is 0. The second-order valence-corrected chi connectivity index (χ2v) is 6.92. The molecule has 2 rings (SSSR count). The van der Waals surface area contributed by atoms with Gasteiger partial charge in [-0.25, -0.2) is 4.99 Å². The Morgan fingerprint density at radius 3 is 2.85 bits per heavy atom. The number of nitrogens with zero attached hydrogens (tertiary/aromatic N) is 1. The summed E-state index contributed by atoms with van der Waals surface area (Å²) in [5.74, 6) is 0.626. The zero-order valence-electron chi connectivity index (χ0n) is 12.4. The molecule has 0 aromatic heterocycles. The van der Waals surface area contributed by atoms with Gasteiger partial charge in [-0.15, -0.1) is 0 Å². The zero-order chi connectivity index (χ0) is 15.0. The molecule has 110 valence electrons. The van der Waals surface area contributed by atoms with Crippen molar-refractivity contribution in [1.82, 2.24) is 0 Å². The van der Waals surface area contributed by atoms with Gasteiger partial charge in [-0.1, -0.05) is 22.0 Å². The van der Waals surface area contributed by atoms with Gasteiger partial charge in [0.25, 0.3) is 0 Å². The van der Waals surface area contributed by atoms with Gasteiger partial charge in [-0.2, -0.15) is 0 Å². The Morgan fingerprint density at radius 1 is 1.50 bits per heavy atom. The number of rotatable bonds is 4. The van der Waals surface area contributed by atoms with E-state index < -0.39 is 5.72 Å². The molecule has 1 heterocycles. The first-order valence-electron chi connectivity index (χ1n) is 6.61. The van der Waals surface area contributed by atoms with Crippen LogP contribution in [0.1, 0.15) is 31.9 Å². The highest BCUT2D eigenvalue weighted by atomic mass is 79.9. The van der Waals surface area contributed by atoms with E-state index in [-0.39, 0.29) is 5.54 Å². The van der Waals surface area contributed by atoms with Crippen LogP contribution in [0.2, 0.25) is 0 Å². The SMILES string of the molecule is Cc1c(Br)cccc1C1=NC(C)(OCC(C)(C)N)CO1. The molecule has 1 aliphatic rings. The van der Waals surface area contributed by atoms with Crippen molar-refractivity contribution in [3.05, 3.63) is 33.8 Å². The van der Waals surface area contributed by atoms with Gasteiger partial charge in [0.15, 0.2) is 5.72 Å². The highest BCUT2D eigenvalue weighted by Crippen LogP contribution is 2.27. The molecule has 0 aliphatic carbocycles. The standard InChI is InChI=1S/C15H21BrN2O2/c1-10-11(6-5-7-12(10)16)13-18-15(4,9-19-13)20-8-14(2,3)17/h5-7H,8-9,17H2,1-4H3. The topological polar surface area (TPSA) is 56.8 Å².